The Morgan fingerprint density at radius 1 is 0.846 bits per heavy atom. The van der Waals surface area contributed by atoms with Gasteiger partial charge in [-0.2, -0.15) is 0 Å². The van der Waals surface area contributed by atoms with Gasteiger partial charge in [0, 0.05) is 0 Å². The Labute approximate surface area is 154 Å². The molecule has 26 heavy (non-hydrogen) atoms. The minimum Gasteiger partial charge on any atom is -0.478 e. The average molecular weight is 342 g/mol. The Hall–Kier alpha value is -3.13. The standard InChI is InChI=1S/C24H22O2/c1-17(2)20-14-8-11-19(16-15-18-9-4-3-5-10-18)23(20)21-12-6-7-13-22(21)24(25)26/h3-17H,1-2H3,(H,25,26)/b16-15+. The first-order valence-electron chi connectivity index (χ1n) is 8.76. The van der Waals surface area contributed by atoms with E-state index in [1.54, 1.807) is 12.1 Å². The molecule has 0 fully saturated rings. The lowest BCUT2D eigenvalue weighted by Crippen LogP contribution is -2.03. The van der Waals surface area contributed by atoms with E-state index >= 15 is 0 Å². The van der Waals surface area contributed by atoms with Gasteiger partial charge in [0.1, 0.15) is 0 Å². The highest BCUT2D eigenvalue weighted by molar-refractivity contribution is 5.98. The van der Waals surface area contributed by atoms with Crippen LogP contribution in [0.25, 0.3) is 23.3 Å². The lowest BCUT2D eigenvalue weighted by molar-refractivity contribution is 0.0697. The first-order chi connectivity index (χ1) is 12.6. The highest BCUT2D eigenvalue weighted by Gasteiger charge is 2.17. The van der Waals surface area contributed by atoms with Crippen molar-refractivity contribution in [1.82, 2.24) is 0 Å². The van der Waals surface area contributed by atoms with E-state index in [0.717, 1.165) is 27.8 Å². The van der Waals surface area contributed by atoms with Crippen LogP contribution in [-0.2, 0) is 0 Å². The van der Waals surface area contributed by atoms with Gasteiger partial charge in [0.2, 0.25) is 0 Å². The zero-order chi connectivity index (χ0) is 18.5. The molecule has 0 aliphatic rings. The fourth-order valence-corrected chi connectivity index (χ4v) is 3.16. The Bertz CT molecular complexity index is 937. The van der Waals surface area contributed by atoms with E-state index in [0.29, 0.717) is 5.56 Å². The molecule has 0 spiro atoms. The maximum absolute atomic E-state index is 11.7. The van der Waals surface area contributed by atoms with Gasteiger partial charge < -0.3 is 5.11 Å². The number of aromatic carboxylic acids is 1. The molecule has 3 rings (SSSR count). The van der Waals surface area contributed by atoms with Crippen LogP contribution < -0.4 is 0 Å². The van der Waals surface area contributed by atoms with Crippen molar-refractivity contribution in [2.45, 2.75) is 19.8 Å². The number of hydrogen-bond donors (Lipinski definition) is 1. The second-order valence-electron chi connectivity index (χ2n) is 6.56. The maximum atomic E-state index is 11.7. The quantitative estimate of drug-likeness (QED) is 0.549. The largest absolute Gasteiger partial charge is 0.478 e. The first-order valence-corrected chi connectivity index (χ1v) is 8.76. The molecular formula is C24H22O2. The van der Waals surface area contributed by atoms with Gasteiger partial charge in [-0.05, 0) is 39.8 Å². The summed E-state index contributed by atoms with van der Waals surface area (Å²) in [6.45, 7) is 4.26. The topological polar surface area (TPSA) is 37.3 Å². The van der Waals surface area contributed by atoms with Crippen molar-refractivity contribution in [3.63, 3.8) is 0 Å². The van der Waals surface area contributed by atoms with Gasteiger partial charge in [-0.15, -0.1) is 0 Å². The van der Waals surface area contributed by atoms with Crippen LogP contribution in [0.4, 0.5) is 0 Å². The van der Waals surface area contributed by atoms with Crippen LogP contribution in [-0.4, -0.2) is 11.1 Å². The number of benzene rings is 3. The van der Waals surface area contributed by atoms with Crippen molar-refractivity contribution in [3.8, 4) is 11.1 Å². The summed E-state index contributed by atoms with van der Waals surface area (Å²) in [4.78, 5) is 11.7. The van der Waals surface area contributed by atoms with Crippen LogP contribution in [0.1, 0.15) is 46.8 Å². The molecule has 0 heterocycles. The molecule has 0 aromatic heterocycles. The van der Waals surface area contributed by atoms with Gasteiger partial charge in [-0.3, -0.25) is 0 Å². The Kier molecular flexibility index (Phi) is 5.33. The Morgan fingerprint density at radius 2 is 1.54 bits per heavy atom. The Morgan fingerprint density at radius 3 is 2.23 bits per heavy atom. The van der Waals surface area contributed by atoms with Gasteiger partial charge in [0.05, 0.1) is 5.56 Å². The van der Waals surface area contributed by atoms with E-state index in [9.17, 15) is 9.90 Å². The molecule has 2 heteroatoms. The van der Waals surface area contributed by atoms with E-state index in [1.165, 1.54) is 0 Å². The molecule has 0 aliphatic heterocycles. The summed E-state index contributed by atoms with van der Waals surface area (Å²) in [5, 5.41) is 9.64. The van der Waals surface area contributed by atoms with Crippen LogP contribution in [0.2, 0.25) is 0 Å². The summed E-state index contributed by atoms with van der Waals surface area (Å²) >= 11 is 0. The molecule has 1 N–H and O–H groups in total. The van der Waals surface area contributed by atoms with Crippen molar-refractivity contribution in [2.24, 2.45) is 0 Å². The normalized spacial score (nSPS) is 11.2. The van der Waals surface area contributed by atoms with Crippen molar-refractivity contribution in [3.05, 3.63) is 95.1 Å². The molecule has 0 bridgehead atoms. The summed E-state index contributed by atoms with van der Waals surface area (Å²) < 4.78 is 0. The van der Waals surface area contributed by atoms with E-state index in [2.05, 4.69) is 32.1 Å². The van der Waals surface area contributed by atoms with Gasteiger partial charge in [0.25, 0.3) is 0 Å². The van der Waals surface area contributed by atoms with Crippen LogP contribution in [0.5, 0.6) is 0 Å². The molecular weight excluding hydrogens is 320 g/mol. The van der Waals surface area contributed by atoms with Crippen LogP contribution in [0.3, 0.4) is 0 Å². The van der Waals surface area contributed by atoms with E-state index in [1.807, 2.05) is 54.6 Å². The van der Waals surface area contributed by atoms with E-state index in [4.69, 9.17) is 0 Å². The summed E-state index contributed by atoms with van der Waals surface area (Å²) in [6.07, 6.45) is 4.13. The van der Waals surface area contributed by atoms with Gasteiger partial charge >= 0.3 is 5.97 Å². The van der Waals surface area contributed by atoms with Crippen LogP contribution >= 0.6 is 0 Å². The highest BCUT2D eigenvalue weighted by Crippen LogP contribution is 2.35. The molecule has 0 aliphatic carbocycles. The van der Waals surface area contributed by atoms with Crippen molar-refractivity contribution in [2.75, 3.05) is 0 Å². The number of hydrogen-bond acceptors (Lipinski definition) is 1. The lowest BCUT2D eigenvalue weighted by atomic mass is 9.86. The maximum Gasteiger partial charge on any atom is 0.336 e. The van der Waals surface area contributed by atoms with Gasteiger partial charge in [-0.25, -0.2) is 4.79 Å². The molecule has 3 aromatic carbocycles. The zero-order valence-electron chi connectivity index (χ0n) is 15.0. The van der Waals surface area contributed by atoms with E-state index < -0.39 is 5.97 Å². The smallest absolute Gasteiger partial charge is 0.336 e. The minimum absolute atomic E-state index is 0.289. The molecule has 0 saturated heterocycles. The monoisotopic (exact) mass is 342 g/mol. The number of carboxylic acids is 1. The fraction of sp³-hybridized carbons (Fsp3) is 0.125. The average Bonchev–Trinajstić information content (AvgIpc) is 2.66. The third-order valence-corrected chi connectivity index (χ3v) is 4.43. The van der Waals surface area contributed by atoms with Gasteiger partial charge in [-0.1, -0.05) is 92.7 Å². The summed E-state index contributed by atoms with van der Waals surface area (Å²) in [5.74, 6) is -0.617. The molecule has 0 amide bonds. The number of carbonyl (C=O) groups is 1. The summed E-state index contributed by atoms with van der Waals surface area (Å²) in [5.41, 5.74) is 5.36. The second-order valence-corrected chi connectivity index (χ2v) is 6.56. The summed E-state index contributed by atoms with van der Waals surface area (Å²) in [6, 6.07) is 23.5. The lowest BCUT2D eigenvalue weighted by Gasteiger charge is -2.17. The molecule has 0 radical (unpaired) electrons. The van der Waals surface area contributed by atoms with Crippen LogP contribution in [0, 0.1) is 0 Å². The number of carboxylic acid groups (broad SMARTS) is 1. The molecule has 2 nitrogen and oxygen atoms in total. The zero-order valence-corrected chi connectivity index (χ0v) is 15.0. The third kappa shape index (κ3) is 3.75. The fourth-order valence-electron chi connectivity index (χ4n) is 3.16. The first kappa shape index (κ1) is 17.7. The molecule has 130 valence electrons. The molecule has 3 aromatic rings. The van der Waals surface area contributed by atoms with Crippen molar-refractivity contribution >= 4 is 18.1 Å². The summed E-state index contributed by atoms with van der Waals surface area (Å²) in [7, 11) is 0. The number of rotatable bonds is 5. The molecule has 0 saturated carbocycles. The third-order valence-electron chi connectivity index (χ3n) is 4.43. The molecule has 0 atom stereocenters. The minimum atomic E-state index is -0.905. The second kappa shape index (κ2) is 7.83. The van der Waals surface area contributed by atoms with Crippen molar-refractivity contribution in [1.29, 1.82) is 0 Å². The predicted molar refractivity (Wildman–Crippen MR) is 108 cm³/mol. The van der Waals surface area contributed by atoms with Crippen LogP contribution in [0.15, 0.2) is 72.8 Å². The molecule has 0 unspecified atom stereocenters. The SMILES string of the molecule is CC(C)c1cccc(/C=C/c2ccccc2)c1-c1ccccc1C(=O)O. The van der Waals surface area contributed by atoms with E-state index in [-0.39, 0.29) is 5.92 Å². The Balaban J connectivity index is 2.20. The van der Waals surface area contributed by atoms with Gasteiger partial charge in [0.15, 0.2) is 0 Å². The van der Waals surface area contributed by atoms with Crippen molar-refractivity contribution < 1.29 is 9.90 Å². The predicted octanol–water partition coefficient (Wildman–Crippen LogP) is 6.35. The highest BCUT2D eigenvalue weighted by atomic mass is 16.4.